The van der Waals surface area contributed by atoms with E-state index in [9.17, 15) is 0 Å². The second-order valence-electron chi connectivity index (χ2n) is 4.96. The largest absolute Gasteiger partial charge is 0.389 e. The first kappa shape index (κ1) is 15.1. The first-order valence-electron chi connectivity index (χ1n) is 6.21. The molecule has 0 aliphatic carbocycles. The van der Waals surface area contributed by atoms with E-state index in [1.54, 1.807) is 0 Å². The topological polar surface area (TPSA) is 32.5 Å². The molecule has 3 nitrogen and oxygen atoms in total. The Labute approximate surface area is 116 Å². The van der Waals surface area contributed by atoms with Gasteiger partial charge in [0.05, 0.1) is 0 Å². The molecule has 0 spiro atoms. The molecule has 4 heteroatoms. The smallest absolute Gasteiger partial charge is 0.103 e. The summed E-state index contributed by atoms with van der Waals surface area (Å²) in [6.45, 7) is 3.20. The van der Waals surface area contributed by atoms with Crippen LogP contribution in [0.25, 0.3) is 0 Å². The van der Waals surface area contributed by atoms with Gasteiger partial charge in [-0.25, -0.2) is 0 Å². The van der Waals surface area contributed by atoms with Gasteiger partial charge in [0.15, 0.2) is 0 Å². The van der Waals surface area contributed by atoms with Gasteiger partial charge in [-0.3, -0.25) is 0 Å². The molecule has 0 saturated carbocycles. The average Bonchev–Trinajstić information content (AvgIpc) is 2.29. The van der Waals surface area contributed by atoms with Gasteiger partial charge in [0.1, 0.15) is 4.99 Å². The summed E-state index contributed by atoms with van der Waals surface area (Å²) in [5.74, 6) is 0. The molecular weight excluding hydrogens is 242 g/mol. The molecule has 0 heterocycles. The molecular formula is C14H23N3S. The molecule has 0 radical (unpaired) electrons. The molecule has 0 fully saturated rings. The van der Waals surface area contributed by atoms with Crippen LogP contribution in [0.4, 0.5) is 0 Å². The Kier molecular flexibility index (Phi) is 6.25. The van der Waals surface area contributed by atoms with Crippen LogP contribution in [0.1, 0.15) is 17.5 Å². The van der Waals surface area contributed by atoms with E-state index in [2.05, 4.69) is 43.1 Å². The van der Waals surface area contributed by atoms with Gasteiger partial charge >= 0.3 is 0 Å². The van der Waals surface area contributed by atoms with Crippen LogP contribution in [0, 0.1) is 0 Å². The highest BCUT2D eigenvalue weighted by atomic mass is 32.1. The molecule has 0 aromatic heterocycles. The fraction of sp³-hybridized carbons (Fsp3) is 0.500. The van der Waals surface area contributed by atoms with Crippen molar-refractivity contribution in [3.63, 3.8) is 0 Å². The minimum atomic E-state index is 0.459. The average molecular weight is 265 g/mol. The summed E-state index contributed by atoms with van der Waals surface area (Å²) in [5.41, 5.74) is 7.80. The molecule has 1 aromatic rings. The van der Waals surface area contributed by atoms with Crippen LogP contribution >= 0.6 is 12.2 Å². The third kappa shape index (κ3) is 5.58. The van der Waals surface area contributed by atoms with E-state index in [0.717, 1.165) is 25.2 Å². The number of thiocarbonyl (C=S) groups is 1. The molecule has 0 aliphatic rings. The second-order valence-corrected chi connectivity index (χ2v) is 5.40. The number of nitrogens with zero attached hydrogens (tertiary/aromatic N) is 2. The van der Waals surface area contributed by atoms with Gasteiger partial charge in [0.25, 0.3) is 0 Å². The molecule has 18 heavy (non-hydrogen) atoms. The Morgan fingerprint density at radius 1 is 1.11 bits per heavy atom. The third-order valence-corrected chi connectivity index (χ3v) is 3.07. The molecule has 100 valence electrons. The van der Waals surface area contributed by atoms with Crippen molar-refractivity contribution in [1.29, 1.82) is 0 Å². The van der Waals surface area contributed by atoms with Gasteiger partial charge in [-0.05, 0) is 46.2 Å². The molecule has 2 N–H and O–H groups in total. The molecule has 1 rings (SSSR count). The van der Waals surface area contributed by atoms with Crippen molar-refractivity contribution < 1.29 is 0 Å². The van der Waals surface area contributed by atoms with E-state index in [4.69, 9.17) is 18.0 Å². The Morgan fingerprint density at radius 3 is 2.22 bits per heavy atom. The summed E-state index contributed by atoms with van der Waals surface area (Å²) in [6, 6.07) is 8.17. The molecule has 1 aromatic carbocycles. The molecule has 0 amide bonds. The highest BCUT2D eigenvalue weighted by molar-refractivity contribution is 7.80. The number of nitrogens with two attached hydrogens (primary N) is 1. The van der Waals surface area contributed by atoms with Crippen molar-refractivity contribution >= 4 is 17.2 Å². The lowest BCUT2D eigenvalue weighted by molar-refractivity contribution is 0.294. The SMILES string of the molecule is CN(C)CCCN(C)Cc1ccc(C(N)=S)cc1. The lowest BCUT2D eigenvalue weighted by Crippen LogP contribution is -2.23. The van der Waals surface area contributed by atoms with E-state index in [1.807, 2.05) is 12.1 Å². The van der Waals surface area contributed by atoms with Crippen LogP contribution in [-0.2, 0) is 6.54 Å². The number of rotatable bonds is 7. The Hall–Kier alpha value is -0.970. The van der Waals surface area contributed by atoms with Crippen molar-refractivity contribution in [3.8, 4) is 0 Å². The minimum Gasteiger partial charge on any atom is -0.389 e. The number of hydrogen-bond donors (Lipinski definition) is 1. The molecule has 0 unspecified atom stereocenters. The van der Waals surface area contributed by atoms with E-state index in [-0.39, 0.29) is 0 Å². The van der Waals surface area contributed by atoms with E-state index in [1.165, 1.54) is 12.0 Å². The predicted molar refractivity (Wildman–Crippen MR) is 81.8 cm³/mol. The zero-order valence-corrected chi connectivity index (χ0v) is 12.3. The quantitative estimate of drug-likeness (QED) is 0.761. The lowest BCUT2D eigenvalue weighted by Gasteiger charge is -2.18. The van der Waals surface area contributed by atoms with Crippen LogP contribution in [0.5, 0.6) is 0 Å². The monoisotopic (exact) mass is 265 g/mol. The van der Waals surface area contributed by atoms with Crippen molar-refractivity contribution in [1.82, 2.24) is 9.80 Å². The van der Waals surface area contributed by atoms with E-state index >= 15 is 0 Å². The van der Waals surface area contributed by atoms with E-state index in [0.29, 0.717) is 4.99 Å². The predicted octanol–water partition coefficient (Wildman–Crippen LogP) is 1.70. The summed E-state index contributed by atoms with van der Waals surface area (Å²) in [6.07, 6.45) is 1.19. The third-order valence-electron chi connectivity index (χ3n) is 2.84. The highest BCUT2D eigenvalue weighted by Crippen LogP contribution is 2.07. The normalized spacial score (nSPS) is 11.2. The maximum atomic E-state index is 5.58. The van der Waals surface area contributed by atoms with Crippen molar-refractivity contribution in [2.24, 2.45) is 5.73 Å². The second kappa shape index (κ2) is 7.46. The molecule has 0 saturated heterocycles. The molecule has 0 atom stereocenters. The Morgan fingerprint density at radius 2 is 1.72 bits per heavy atom. The van der Waals surface area contributed by atoms with Crippen molar-refractivity contribution in [2.45, 2.75) is 13.0 Å². The summed E-state index contributed by atoms with van der Waals surface area (Å²) in [4.78, 5) is 5.00. The first-order valence-corrected chi connectivity index (χ1v) is 6.62. The van der Waals surface area contributed by atoms with Gasteiger partial charge in [-0.2, -0.15) is 0 Å². The summed E-state index contributed by atoms with van der Waals surface area (Å²) < 4.78 is 0. The van der Waals surface area contributed by atoms with Crippen LogP contribution in [-0.4, -0.2) is 49.0 Å². The first-order chi connectivity index (χ1) is 8.49. The summed E-state index contributed by atoms with van der Waals surface area (Å²) in [7, 11) is 6.36. The van der Waals surface area contributed by atoms with Crippen LogP contribution < -0.4 is 5.73 Å². The highest BCUT2D eigenvalue weighted by Gasteiger charge is 2.02. The van der Waals surface area contributed by atoms with Crippen LogP contribution in [0.3, 0.4) is 0 Å². The maximum absolute atomic E-state index is 5.58. The van der Waals surface area contributed by atoms with Crippen LogP contribution in [0.2, 0.25) is 0 Å². The van der Waals surface area contributed by atoms with Gasteiger partial charge < -0.3 is 15.5 Å². The standard InChI is InChI=1S/C14H23N3S/c1-16(2)9-4-10-17(3)11-12-5-7-13(8-6-12)14(15)18/h5-8H,4,9-11H2,1-3H3,(H2,15,18). The lowest BCUT2D eigenvalue weighted by atomic mass is 10.1. The number of benzene rings is 1. The maximum Gasteiger partial charge on any atom is 0.103 e. The minimum absolute atomic E-state index is 0.459. The zero-order valence-electron chi connectivity index (χ0n) is 11.5. The van der Waals surface area contributed by atoms with Crippen molar-refractivity contribution in [3.05, 3.63) is 35.4 Å². The number of hydrogen-bond acceptors (Lipinski definition) is 3. The fourth-order valence-corrected chi connectivity index (χ4v) is 1.96. The van der Waals surface area contributed by atoms with Gasteiger partial charge in [0.2, 0.25) is 0 Å². The Balaban J connectivity index is 2.39. The zero-order chi connectivity index (χ0) is 13.5. The molecule has 0 bridgehead atoms. The van der Waals surface area contributed by atoms with Crippen molar-refractivity contribution in [2.75, 3.05) is 34.2 Å². The van der Waals surface area contributed by atoms with E-state index < -0.39 is 0 Å². The molecule has 0 aliphatic heterocycles. The van der Waals surface area contributed by atoms with Gasteiger partial charge in [-0.15, -0.1) is 0 Å². The fourth-order valence-electron chi connectivity index (χ4n) is 1.82. The Bertz CT molecular complexity index is 373. The summed E-state index contributed by atoms with van der Waals surface area (Å²) >= 11 is 4.94. The summed E-state index contributed by atoms with van der Waals surface area (Å²) in [5, 5.41) is 0. The van der Waals surface area contributed by atoms with Gasteiger partial charge in [-0.1, -0.05) is 36.5 Å². The van der Waals surface area contributed by atoms with Gasteiger partial charge in [0, 0.05) is 12.1 Å². The van der Waals surface area contributed by atoms with Crippen LogP contribution in [0.15, 0.2) is 24.3 Å².